The van der Waals surface area contributed by atoms with Crippen molar-refractivity contribution in [3.63, 3.8) is 0 Å². The zero-order valence-corrected chi connectivity index (χ0v) is 9.40. The SMILES string of the molecule is COc1ccc(-n2ccc(C(F)(F)F)n2)c(N)c1. The van der Waals surface area contributed by atoms with Crippen LogP contribution in [-0.2, 0) is 6.18 Å². The smallest absolute Gasteiger partial charge is 0.435 e. The molecule has 0 aliphatic rings. The van der Waals surface area contributed by atoms with Gasteiger partial charge in [-0.25, -0.2) is 4.68 Å². The fourth-order valence-corrected chi connectivity index (χ4v) is 1.48. The lowest BCUT2D eigenvalue weighted by Gasteiger charge is -2.08. The first-order valence-electron chi connectivity index (χ1n) is 4.98. The van der Waals surface area contributed by atoms with Crippen LogP contribution in [0.2, 0.25) is 0 Å². The Morgan fingerprint density at radius 2 is 2.00 bits per heavy atom. The van der Waals surface area contributed by atoms with Crippen molar-refractivity contribution in [2.24, 2.45) is 0 Å². The van der Waals surface area contributed by atoms with E-state index in [2.05, 4.69) is 5.10 Å². The molecular formula is C11H10F3N3O. The van der Waals surface area contributed by atoms with Crippen molar-refractivity contribution in [3.8, 4) is 11.4 Å². The highest BCUT2D eigenvalue weighted by Crippen LogP contribution is 2.29. The molecule has 0 saturated heterocycles. The molecule has 0 saturated carbocycles. The highest BCUT2D eigenvalue weighted by molar-refractivity contribution is 5.60. The van der Waals surface area contributed by atoms with Crippen molar-refractivity contribution in [1.82, 2.24) is 9.78 Å². The van der Waals surface area contributed by atoms with Gasteiger partial charge in [0.25, 0.3) is 0 Å². The van der Waals surface area contributed by atoms with Crippen LogP contribution >= 0.6 is 0 Å². The number of anilines is 1. The minimum Gasteiger partial charge on any atom is -0.497 e. The van der Waals surface area contributed by atoms with Gasteiger partial charge in [-0.05, 0) is 18.2 Å². The number of aromatic nitrogens is 2. The molecule has 96 valence electrons. The topological polar surface area (TPSA) is 53.1 Å². The van der Waals surface area contributed by atoms with Crippen LogP contribution in [0.5, 0.6) is 5.75 Å². The molecule has 18 heavy (non-hydrogen) atoms. The van der Waals surface area contributed by atoms with Crippen LogP contribution in [0.3, 0.4) is 0 Å². The Hall–Kier alpha value is -2.18. The van der Waals surface area contributed by atoms with Crippen molar-refractivity contribution >= 4 is 5.69 Å². The lowest BCUT2D eigenvalue weighted by molar-refractivity contribution is -0.141. The zero-order valence-electron chi connectivity index (χ0n) is 9.40. The molecule has 0 radical (unpaired) electrons. The minimum atomic E-state index is -4.47. The van der Waals surface area contributed by atoms with Crippen molar-refractivity contribution in [1.29, 1.82) is 0 Å². The number of ether oxygens (including phenoxy) is 1. The molecule has 0 amide bonds. The Labute approximate surface area is 101 Å². The van der Waals surface area contributed by atoms with Crippen molar-refractivity contribution < 1.29 is 17.9 Å². The Balaban J connectivity index is 2.40. The van der Waals surface area contributed by atoms with Gasteiger partial charge < -0.3 is 10.5 Å². The fourth-order valence-electron chi connectivity index (χ4n) is 1.48. The Bertz CT molecular complexity index is 563. The van der Waals surface area contributed by atoms with E-state index >= 15 is 0 Å². The number of alkyl halides is 3. The third-order valence-corrected chi connectivity index (χ3v) is 2.36. The summed E-state index contributed by atoms with van der Waals surface area (Å²) in [6.45, 7) is 0. The fraction of sp³-hybridized carbons (Fsp3) is 0.182. The molecule has 0 spiro atoms. The molecule has 1 heterocycles. The van der Waals surface area contributed by atoms with E-state index in [4.69, 9.17) is 10.5 Å². The number of hydrogen-bond acceptors (Lipinski definition) is 3. The predicted molar refractivity (Wildman–Crippen MR) is 59.5 cm³/mol. The van der Waals surface area contributed by atoms with E-state index in [0.717, 1.165) is 10.7 Å². The maximum Gasteiger partial charge on any atom is 0.435 e. The quantitative estimate of drug-likeness (QED) is 0.841. The Morgan fingerprint density at radius 1 is 1.28 bits per heavy atom. The highest BCUT2D eigenvalue weighted by Gasteiger charge is 2.33. The molecule has 7 heteroatoms. The van der Waals surface area contributed by atoms with Crippen molar-refractivity contribution in [2.45, 2.75) is 6.18 Å². The van der Waals surface area contributed by atoms with E-state index in [1.165, 1.54) is 19.4 Å². The zero-order chi connectivity index (χ0) is 13.3. The second-order valence-electron chi connectivity index (χ2n) is 3.57. The van der Waals surface area contributed by atoms with Gasteiger partial charge in [0, 0.05) is 12.3 Å². The van der Waals surface area contributed by atoms with Gasteiger partial charge in [-0.3, -0.25) is 0 Å². The average Bonchev–Trinajstić information content (AvgIpc) is 2.77. The minimum absolute atomic E-state index is 0.283. The molecule has 0 fully saturated rings. The van der Waals surface area contributed by atoms with Gasteiger partial charge in [-0.2, -0.15) is 18.3 Å². The van der Waals surface area contributed by atoms with Crippen molar-refractivity contribution in [2.75, 3.05) is 12.8 Å². The van der Waals surface area contributed by atoms with E-state index in [0.29, 0.717) is 11.4 Å². The number of nitrogens with two attached hydrogens (primary N) is 1. The van der Waals surface area contributed by atoms with Crippen LogP contribution < -0.4 is 10.5 Å². The van der Waals surface area contributed by atoms with E-state index in [9.17, 15) is 13.2 Å². The summed E-state index contributed by atoms with van der Waals surface area (Å²) in [7, 11) is 1.48. The maximum absolute atomic E-state index is 12.4. The van der Waals surface area contributed by atoms with Gasteiger partial charge in [0.2, 0.25) is 0 Å². The molecule has 0 unspecified atom stereocenters. The van der Waals surface area contributed by atoms with E-state index in [1.54, 1.807) is 12.1 Å². The molecule has 2 aromatic rings. The van der Waals surface area contributed by atoms with Crippen LogP contribution in [0.25, 0.3) is 5.69 Å². The molecule has 1 aromatic carbocycles. The monoisotopic (exact) mass is 257 g/mol. The molecule has 1 aromatic heterocycles. The largest absolute Gasteiger partial charge is 0.497 e. The van der Waals surface area contributed by atoms with Crippen LogP contribution in [-0.4, -0.2) is 16.9 Å². The number of halogens is 3. The standard InChI is InChI=1S/C11H10F3N3O/c1-18-7-2-3-9(8(15)6-7)17-5-4-10(16-17)11(12,13)14/h2-6H,15H2,1H3. The summed E-state index contributed by atoms with van der Waals surface area (Å²) < 4.78 is 43.3. The third-order valence-electron chi connectivity index (χ3n) is 2.36. The van der Waals surface area contributed by atoms with Crippen LogP contribution in [0.4, 0.5) is 18.9 Å². The van der Waals surface area contributed by atoms with Gasteiger partial charge in [0.15, 0.2) is 5.69 Å². The van der Waals surface area contributed by atoms with Gasteiger partial charge >= 0.3 is 6.18 Å². The molecule has 2 N–H and O–H groups in total. The molecule has 4 nitrogen and oxygen atoms in total. The highest BCUT2D eigenvalue weighted by atomic mass is 19.4. The van der Waals surface area contributed by atoms with Crippen LogP contribution in [0, 0.1) is 0 Å². The van der Waals surface area contributed by atoms with Gasteiger partial charge in [0.05, 0.1) is 18.5 Å². The van der Waals surface area contributed by atoms with E-state index in [1.807, 2.05) is 0 Å². The first-order chi connectivity index (χ1) is 8.41. The summed E-state index contributed by atoms with van der Waals surface area (Å²) in [4.78, 5) is 0. The molecule has 2 rings (SSSR count). The lowest BCUT2D eigenvalue weighted by atomic mass is 10.2. The summed E-state index contributed by atoms with van der Waals surface area (Å²) in [5.74, 6) is 0.527. The number of nitrogen functional groups attached to an aromatic ring is 1. The number of rotatable bonds is 2. The second kappa shape index (κ2) is 4.25. The summed E-state index contributed by atoms with van der Waals surface area (Å²) in [6.07, 6.45) is -3.26. The third kappa shape index (κ3) is 2.24. The number of methoxy groups -OCH3 is 1. The normalized spacial score (nSPS) is 11.6. The summed E-state index contributed by atoms with van der Waals surface area (Å²) in [6, 6.07) is 5.55. The second-order valence-corrected chi connectivity index (χ2v) is 3.57. The Morgan fingerprint density at radius 3 is 2.50 bits per heavy atom. The number of benzene rings is 1. The summed E-state index contributed by atoms with van der Waals surface area (Å²) in [5.41, 5.74) is 5.42. The van der Waals surface area contributed by atoms with Gasteiger partial charge in [-0.15, -0.1) is 0 Å². The maximum atomic E-state index is 12.4. The van der Waals surface area contributed by atoms with Crippen molar-refractivity contribution in [3.05, 3.63) is 36.2 Å². The Kier molecular flexibility index (Phi) is 2.90. The molecule has 0 aliphatic heterocycles. The average molecular weight is 257 g/mol. The van der Waals surface area contributed by atoms with Gasteiger partial charge in [0.1, 0.15) is 5.75 Å². The first kappa shape index (κ1) is 12.3. The number of hydrogen-bond donors (Lipinski definition) is 1. The number of nitrogens with zero attached hydrogens (tertiary/aromatic N) is 2. The molecule has 0 atom stereocenters. The van der Waals surface area contributed by atoms with Crippen LogP contribution in [0.15, 0.2) is 30.5 Å². The summed E-state index contributed by atoms with van der Waals surface area (Å²) in [5, 5.41) is 3.44. The molecule has 0 bridgehead atoms. The van der Waals surface area contributed by atoms with Crippen LogP contribution in [0.1, 0.15) is 5.69 Å². The molecule has 0 aliphatic carbocycles. The molecular weight excluding hydrogens is 247 g/mol. The van der Waals surface area contributed by atoms with Gasteiger partial charge in [-0.1, -0.05) is 0 Å². The lowest BCUT2D eigenvalue weighted by Crippen LogP contribution is -2.08. The summed E-state index contributed by atoms with van der Waals surface area (Å²) >= 11 is 0. The van der Waals surface area contributed by atoms with E-state index in [-0.39, 0.29) is 5.69 Å². The predicted octanol–water partition coefficient (Wildman–Crippen LogP) is 2.48. The van der Waals surface area contributed by atoms with E-state index < -0.39 is 11.9 Å². The first-order valence-corrected chi connectivity index (χ1v) is 4.98.